The standard InChI is InChI=1S/C15H25N3O2/c1-4-5-6-9-17(12(2)3)11-13-7-8-15(18(19)20)14(16)10-13/h7-8,10,12H,4-6,9,11,16H2,1-3H3. The van der Waals surface area contributed by atoms with E-state index in [0.717, 1.165) is 18.7 Å². The number of benzene rings is 1. The van der Waals surface area contributed by atoms with E-state index >= 15 is 0 Å². The Bertz CT molecular complexity index is 447. The Kier molecular flexibility index (Phi) is 6.45. The van der Waals surface area contributed by atoms with E-state index in [4.69, 9.17) is 5.73 Å². The van der Waals surface area contributed by atoms with Gasteiger partial charge < -0.3 is 5.73 Å². The van der Waals surface area contributed by atoms with E-state index in [-0.39, 0.29) is 11.4 Å². The molecule has 0 fully saturated rings. The van der Waals surface area contributed by atoms with Crippen molar-refractivity contribution in [1.82, 2.24) is 4.90 Å². The largest absolute Gasteiger partial charge is 0.393 e. The van der Waals surface area contributed by atoms with Crippen molar-refractivity contribution in [3.63, 3.8) is 0 Å². The van der Waals surface area contributed by atoms with Gasteiger partial charge in [0.15, 0.2) is 0 Å². The first-order chi connectivity index (χ1) is 9.45. The minimum absolute atomic E-state index is 0.0178. The average Bonchev–Trinajstić information content (AvgIpc) is 2.37. The number of unbranched alkanes of at least 4 members (excludes halogenated alkanes) is 2. The number of nitrogen functional groups attached to an aromatic ring is 1. The molecule has 0 aliphatic carbocycles. The van der Waals surface area contributed by atoms with Gasteiger partial charge in [-0.3, -0.25) is 15.0 Å². The van der Waals surface area contributed by atoms with Crippen LogP contribution in [0.25, 0.3) is 0 Å². The number of hydrogen-bond donors (Lipinski definition) is 1. The first-order valence-corrected chi connectivity index (χ1v) is 7.22. The molecule has 2 N–H and O–H groups in total. The molecule has 1 aromatic rings. The van der Waals surface area contributed by atoms with Crippen molar-refractivity contribution in [3.8, 4) is 0 Å². The van der Waals surface area contributed by atoms with E-state index < -0.39 is 4.92 Å². The average molecular weight is 279 g/mol. The summed E-state index contributed by atoms with van der Waals surface area (Å²) in [6.07, 6.45) is 3.61. The molecule has 1 aromatic carbocycles. The Balaban J connectivity index is 2.73. The van der Waals surface area contributed by atoms with Crippen molar-refractivity contribution in [2.75, 3.05) is 12.3 Å². The second-order valence-electron chi connectivity index (χ2n) is 5.42. The second kappa shape index (κ2) is 7.85. The van der Waals surface area contributed by atoms with Crippen LogP contribution in [0.15, 0.2) is 18.2 Å². The monoisotopic (exact) mass is 279 g/mol. The summed E-state index contributed by atoms with van der Waals surface area (Å²) in [5.41, 5.74) is 6.98. The van der Waals surface area contributed by atoms with Crippen LogP contribution in [0, 0.1) is 10.1 Å². The highest BCUT2D eigenvalue weighted by molar-refractivity contribution is 5.59. The lowest BCUT2D eigenvalue weighted by Gasteiger charge is -2.26. The number of nitrogens with zero attached hydrogens (tertiary/aromatic N) is 2. The van der Waals surface area contributed by atoms with Crippen LogP contribution in [0.1, 0.15) is 45.6 Å². The Morgan fingerprint density at radius 1 is 1.35 bits per heavy atom. The smallest absolute Gasteiger partial charge is 0.292 e. The van der Waals surface area contributed by atoms with Gasteiger partial charge in [0.05, 0.1) is 4.92 Å². The lowest BCUT2D eigenvalue weighted by molar-refractivity contribution is -0.383. The number of nitro groups is 1. The van der Waals surface area contributed by atoms with Crippen LogP contribution in [0.2, 0.25) is 0 Å². The van der Waals surface area contributed by atoms with E-state index in [2.05, 4.69) is 25.7 Å². The van der Waals surface area contributed by atoms with Gasteiger partial charge in [0.1, 0.15) is 5.69 Å². The first-order valence-electron chi connectivity index (χ1n) is 7.22. The summed E-state index contributed by atoms with van der Waals surface area (Å²) in [7, 11) is 0. The van der Waals surface area contributed by atoms with Crippen molar-refractivity contribution in [3.05, 3.63) is 33.9 Å². The lowest BCUT2D eigenvalue weighted by atomic mass is 10.1. The third-order valence-electron chi connectivity index (χ3n) is 3.45. The zero-order valence-electron chi connectivity index (χ0n) is 12.6. The highest BCUT2D eigenvalue weighted by Gasteiger charge is 2.14. The van der Waals surface area contributed by atoms with Crippen LogP contribution in [-0.4, -0.2) is 22.4 Å². The minimum Gasteiger partial charge on any atom is -0.393 e. The summed E-state index contributed by atoms with van der Waals surface area (Å²) in [4.78, 5) is 12.7. The predicted octanol–water partition coefficient (Wildman–Crippen LogP) is 3.58. The van der Waals surface area contributed by atoms with Crippen LogP contribution in [0.5, 0.6) is 0 Å². The van der Waals surface area contributed by atoms with E-state index in [1.807, 2.05) is 0 Å². The van der Waals surface area contributed by atoms with E-state index in [1.165, 1.54) is 25.3 Å². The van der Waals surface area contributed by atoms with Crippen LogP contribution in [0.4, 0.5) is 11.4 Å². The van der Waals surface area contributed by atoms with Crippen molar-refractivity contribution in [2.45, 2.75) is 52.6 Å². The fourth-order valence-corrected chi connectivity index (χ4v) is 2.19. The van der Waals surface area contributed by atoms with Crippen molar-refractivity contribution < 1.29 is 4.92 Å². The van der Waals surface area contributed by atoms with Crippen molar-refractivity contribution in [1.29, 1.82) is 0 Å². The van der Waals surface area contributed by atoms with Gasteiger partial charge in [0.25, 0.3) is 5.69 Å². The molecule has 0 aromatic heterocycles. The fourth-order valence-electron chi connectivity index (χ4n) is 2.19. The van der Waals surface area contributed by atoms with Gasteiger partial charge in [-0.25, -0.2) is 0 Å². The molecular weight excluding hydrogens is 254 g/mol. The number of nitrogens with two attached hydrogens (primary N) is 1. The SMILES string of the molecule is CCCCCN(Cc1ccc([N+](=O)[O-])c(N)c1)C(C)C. The Morgan fingerprint density at radius 3 is 2.55 bits per heavy atom. The van der Waals surface area contributed by atoms with Crippen LogP contribution in [-0.2, 0) is 6.54 Å². The van der Waals surface area contributed by atoms with Crippen molar-refractivity contribution >= 4 is 11.4 Å². The molecule has 5 nitrogen and oxygen atoms in total. The molecule has 0 saturated heterocycles. The third kappa shape index (κ3) is 4.81. The van der Waals surface area contributed by atoms with Gasteiger partial charge in [0.2, 0.25) is 0 Å². The molecule has 0 unspecified atom stereocenters. The number of anilines is 1. The summed E-state index contributed by atoms with van der Waals surface area (Å²) in [5, 5.41) is 10.8. The van der Waals surface area contributed by atoms with Crippen LogP contribution < -0.4 is 5.73 Å². The minimum atomic E-state index is -0.444. The summed E-state index contributed by atoms with van der Waals surface area (Å²) in [6, 6.07) is 5.45. The molecule has 0 saturated carbocycles. The quantitative estimate of drug-likeness (QED) is 0.342. The first kappa shape index (κ1) is 16.4. The molecular formula is C15H25N3O2. The van der Waals surface area contributed by atoms with Gasteiger partial charge in [-0.1, -0.05) is 25.8 Å². The predicted molar refractivity (Wildman–Crippen MR) is 82.6 cm³/mol. The lowest BCUT2D eigenvalue weighted by Crippen LogP contribution is -2.31. The molecule has 0 spiro atoms. The molecule has 5 heteroatoms. The maximum absolute atomic E-state index is 10.8. The van der Waals surface area contributed by atoms with Gasteiger partial charge in [-0.2, -0.15) is 0 Å². The molecule has 0 aliphatic heterocycles. The van der Waals surface area contributed by atoms with Crippen LogP contribution >= 0.6 is 0 Å². The summed E-state index contributed by atoms with van der Waals surface area (Å²) < 4.78 is 0. The normalized spacial score (nSPS) is 11.2. The molecule has 0 heterocycles. The second-order valence-corrected chi connectivity index (χ2v) is 5.42. The third-order valence-corrected chi connectivity index (χ3v) is 3.45. The van der Waals surface area contributed by atoms with Crippen LogP contribution in [0.3, 0.4) is 0 Å². The molecule has 20 heavy (non-hydrogen) atoms. The molecule has 0 bridgehead atoms. The topological polar surface area (TPSA) is 72.4 Å². The molecule has 112 valence electrons. The number of rotatable bonds is 8. The number of hydrogen-bond acceptors (Lipinski definition) is 4. The summed E-state index contributed by atoms with van der Waals surface area (Å²) >= 11 is 0. The molecule has 0 amide bonds. The Hall–Kier alpha value is -1.62. The summed E-state index contributed by atoms with van der Waals surface area (Å²) in [5.74, 6) is 0. The Labute approximate surface area is 120 Å². The zero-order chi connectivity index (χ0) is 15.1. The van der Waals surface area contributed by atoms with Crippen molar-refractivity contribution in [2.24, 2.45) is 0 Å². The maximum atomic E-state index is 10.8. The maximum Gasteiger partial charge on any atom is 0.292 e. The highest BCUT2D eigenvalue weighted by atomic mass is 16.6. The zero-order valence-corrected chi connectivity index (χ0v) is 12.6. The van der Waals surface area contributed by atoms with Gasteiger partial charge in [-0.15, -0.1) is 0 Å². The molecule has 0 aliphatic rings. The Morgan fingerprint density at radius 2 is 2.05 bits per heavy atom. The molecule has 0 radical (unpaired) electrons. The van der Waals surface area contributed by atoms with Gasteiger partial charge >= 0.3 is 0 Å². The molecule has 1 rings (SSSR count). The van der Waals surface area contributed by atoms with E-state index in [0.29, 0.717) is 6.04 Å². The molecule has 0 atom stereocenters. The van der Waals surface area contributed by atoms with E-state index in [1.54, 1.807) is 12.1 Å². The summed E-state index contributed by atoms with van der Waals surface area (Å²) in [6.45, 7) is 8.35. The number of nitro benzene ring substituents is 1. The van der Waals surface area contributed by atoms with Gasteiger partial charge in [-0.05, 0) is 38.4 Å². The fraction of sp³-hybridized carbons (Fsp3) is 0.600. The highest BCUT2D eigenvalue weighted by Crippen LogP contribution is 2.23. The van der Waals surface area contributed by atoms with E-state index in [9.17, 15) is 10.1 Å². The van der Waals surface area contributed by atoms with Gasteiger partial charge in [0, 0.05) is 18.7 Å².